The highest BCUT2D eigenvalue weighted by Crippen LogP contribution is 2.54. The molecule has 1 heterocycles. The number of aromatic nitrogens is 3. The smallest absolute Gasteiger partial charge is 0.234 e. The Morgan fingerprint density at radius 1 is 1.21 bits per heavy atom. The number of nitrogens with zero attached hydrogens (tertiary/aromatic N) is 3. The topological polar surface area (TPSA) is 78.3 Å². The Kier molecular flexibility index (Phi) is 7.25. The number of ether oxygens (including phenoxy) is 2. The summed E-state index contributed by atoms with van der Waals surface area (Å²) in [5, 5.41) is 12.8. The quantitative estimate of drug-likeness (QED) is 0.317. The number of benzene rings is 2. The van der Waals surface area contributed by atoms with Crippen LogP contribution in [0.4, 0.5) is 5.69 Å². The lowest BCUT2D eigenvalue weighted by atomic mass is 10.1. The van der Waals surface area contributed by atoms with E-state index in [2.05, 4.69) is 46.4 Å². The summed E-state index contributed by atoms with van der Waals surface area (Å²) >= 11 is 7.47. The minimum atomic E-state index is -0.203. The lowest BCUT2D eigenvalue weighted by Gasteiger charge is -2.13. The molecule has 2 atom stereocenters. The number of rotatable bonds is 10. The third-order valence-corrected chi connectivity index (χ3v) is 6.75. The fourth-order valence-electron chi connectivity index (χ4n) is 3.81. The molecule has 0 saturated heterocycles. The number of amides is 1. The van der Waals surface area contributed by atoms with Gasteiger partial charge in [0.05, 0.1) is 30.7 Å². The largest absolute Gasteiger partial charge is 0.495 e. The maximum Gasteiger partial charge on any atom is 0.234 e. The molecule has 7 nitrogen and oxygen atoms in total. The molecule has 4 rings (SSSR count). The molecule has 9 heteroatoms. The average Bonchev–Trinajstić information content (AvgIpc) is 3.53. The molecule has 1 aliphatic carbocycles. The van der Waals surface area contributed by atoms with E-state index in [1.807, 2.05) is 16.7 Å². The fourth-order valence-corrected chi connectivity index (χ4v) is 4.79. The number of anilines is 1. The normalized spacial score (nSPS) is 16.8. The van der Waals surface area contributed by atoms with E-state index in [0.717, 1.165) is 12.2 Å². The first kappa shape index (κ1) is 23.2. The van der Waals surface area contributed by atoms with Gasteiger partial charge in [-0.05, 0) is 17.9 Å². The third-order valence-electron chi connectivity index (χ3n) is 5.49. The molecule has 2 aromatic carbocycles. The summed E-state index contributed by atoms with van der Waals surface area (Å²) in [6, 6.07) is 13.7. The Morgan fingerprint density at radius 2 is 1.97 bits per heavy atom. The molecule has 1 amide bonds. The number of halogens is 1. The first-order valence-corrected chi connectivity index (χ1v) is 11.8. The molecule has 1 aliphatic rings. The van der Waals surface area contributed by atoms with Gasteiger partial charge in [-0.1, -0.05) is 59.8 Å². The molecular weight excluding hydrogens is 460 g/mol. The van der Waals surface area contributed by atoms with Gasteiger partial charge in [-0.15, -0.1) is 16.8 Å². The number of methoxy groups -OCH3 is 2. The summed E-state index contributed by atoms with van der Waals surface area (Å²) in [7, 11) is 3.03. The lowest BCUT2D eigenvalue weighted by molar-refractivity contribution is -0.113. The molecule has 0 spiro atoms. The number of hydrogen-bond acceptors (Lipinski definition) is 6. The van der Waals surface area contributed by atoms with E-state index in [-0.39, 0.29) is 11.7 Å². The standard InChI is InChI=1S/C24H25ClN4O3S/c1-4-10-29-23(17-11-16(17)15-8-6-5-7-9-15)27-28-24(29)33-14-22(30)26-19-13-20(31-2)18(25)12-21(19)32-3/h4-9,12-13,16-17H,1,10-11,14H2,2-3H3,(H,26,30). The summed E-state index contributed by atoms with van der Waals surface area (Å²) < 4.78 is 12.6. The van der Waals surface area contributed by atoms with E-state index in [1.165, 1.54) is 31.5 Å². The fraction of sp³-hybridized carbons (Fsp3) is 0.292. The highest BCUT2D eigenvalue weighted by molar-refractivity contribution is 7.99. The van der Waals surface area contributed by atoms with Crippen LogP contribution in [0.2, 0.25) is 5.02 Å². The number of allylic oxidation sites excluding steroid dienone is 1. The van der Waals surface area contributed by atoms with Crippen molar-refractivity contribution < 1.29 is 14.3 Å². The number of hydrogen-bond donors (Lipinski definition) is 1. The van der Waals surface area contributed by atoms with Gasteiger partial charge in [0.1, 0.15) is 17.3 Å². The van der Waals surface area contributed by atoms with Crippen molar-refractivity contribution in [2.45, 2.75) is 30.0 Å². The number of nitrogens with one attached hydrogen (secondary N) is 1. The SMILES string of the molecule is C=CCn1c(SCC(=O)Nc2cc(OC)c(Cl)cc2OC)nnc1C1CC1c1ccccc1. The monoisotopic (exact) mass is 484 g/mol. The van der Waals surface area contributed by atoms with Crippen molar-refractivity contribution in [1.82, 2.24) is 14.8 Å². The zero-order chi connectivity index (χ0) is 23.4. The third kappa shape index (κ3) is 5.17. The maximum absolute atomic E-state index is 12.7. The first-order valence-electron chi connectivity index (χ1n) is 10.5. The van der Waals surface area contributed by atoms with Crippen LogP contribution in [0.1, 0.15) is 29.6 Å². The second-order valence-electron chi connectivity index (χ2n) is 7.62. The number of thioether (sulfide) groups is 1. The minimum absolute atomic E-state index is 0.163. The summed E-state index contributed by atoms with van der Waals surface area (Å²) in [6.45, 7) is 4.46. The molecule has 1 N–H and O–H groups in total. The van der Waals surface area contributed by atoms with Gasteiger partial charge >= 0.3 is 0 Å². The Labute approximate surface area is 202 Å². The Bertz CT molecular complexity index is 1150. The van der Waals surface area contributed by atoms with Crippen molar-refractivity contribution in [3.8, 4) is 11.5 Å². The van der Waals surface area contributed by atoms with Gasteiger partial charge in [0.15, 0.2) is 5.16 Å². The lowest BCUT2D eigenvalue weighted by Crippen LogP contribution is -2.15. The van der Waals surface area contributed by atoms with Gasteiger partial charge < -0.3 is 19.4 Å². The van der Waals surface area contributed by atoms with Crippen LogP contribution in [0.5, 0.6) is 11.5 Å². The summed E-state index contributed by atoms with van der Waals surface area (Å²) in [4.78, 5) is 12.7. The zero-order valence-electron chi connectivity index (χ0n) is 18.5. The van der Waals surface area contributed by atoms with Gasteiger partial charge in [-0.25, -0.2) is 0 Å². The highest BCUT2D eigenvalue weighted by atomic mass is 35.5. The van der Waals surface area contributed by atoms with Crippen molar-refractivity contribution in [1.29, 1.82) is 0 Å². The van der Waals surface area contributed by atoms with Crippen LogP contribution in [-0.2, 0) is 11.3 Å². The van der Waals surface area contributed by atoms with E-state index in [1.54, 1.807) is 12.1 Å². The summed E-state index contributed by atoms with van der Waals surface area (Å²) in [5.74, 6) is 2.59. The van der Waals surface area contributed by atoms with Crippen molar-refractivity contribution in [3.63, 3.8) is 0 Å². The van der Waals surface area contributed by atoms with Gasteiger partial charge in [0.2, 0.25) is 5.91 Å². The Morgan fingerprint density at radius 3 is 2.67 bits per heavy atom. The second-order valence-corrected chi connectivity index (χ2v) is 8.97. The van der Waals surface area contributed by atoms with Crippen molar-refractivity contribution in [3.05, 3.63) is 71.5 Å². The van der Waals surface area contributed by atoms with E-state index < -0.39 is 0 Å². The Balaban J connectivity index is 1.44. The zero-order valence-corrected chi connectivity index (χ0v) is 20.0. The van der Waals surface area contributed by atoms with Crippen molar-refractivity contribution in [2.24, 2.45) is 0 Å². The number of carbonyl (C=O) groups is 1. The molecule has 0 aliphatic heterocycles. The predicted octanol–water partition coefficient (Wildman–Crippen LogP) is 5.14. The summed E-state index contributed by atoms with van der Waals surface area (Å²) in [5.41, 5.74) is 1.80. The minimum Gasteiger partial charge on any atom is -0.495 e. The van der Waals surface area contributed by atoms with E-state index in [4.69, 9.17) is 21.1 Å². The molecular formula is C24H25ClN4O3S. The molecule has 0 radical (unpaired) electrons. The molecule has 1 aromatic heterocycles. The molecule has 172 valence electrons. The van der Waals surface area contributed by atoms with Crippen LogP contribution in [0.3, 0.4) is 0 Å². The van der Waals surface area contributed by atoms with E-state index >= 15 is 0 Å². The van der Waals surface area contributed by atoms with Crippen LogP contribution in [0.15, 0.2) is 60.3 Å². The molecule has 33 heavy (non-hydrogen) atoms. The van der Waals surface area contributed by atoms with E-state index in [0.29, 0.717) is 45.7 Å². The van der Waals surface area contributed by atoms with Gasteiger partial charge in [0, 0.05) is 24.6 Å². The molecule has 2 unspecified atom stereocenters. The van der Waals surface area contributed by atoms with Gasteiger partial charge in [-0.2, -0.15) is 0 Å². The first-order chi connectivity index (χ1) is 16.0. The van der Waals surface area contributed by atoms with Crippen LogP contribution in [0, 0.1) is 0 Å². The number of carbonyl (C=O) groups excluding carboxylic acids is 1. The van der Waals surface area contributed by atoms with Gasteiger partial charge in [-0.3, -0.25) is 4.79 Å². The van der Waals surface area contributed by atoms with Crippen LogP contribution < -0.4 is 14.8 Å². The summed E-state index contributed by atoms with van der Waals surface area (Å²) in [6.07, 6.45) is 2.87. The Hall–Kier alpha value is -2.97. The molecule has 1 saturated carbocycles. The molecule has 1 fully saturated rings. The second kappa shape index (κ2) is 10.3. The van der Waals surface area contributed by atoms with Crippen LogP contribution in [0.25, 0.3) is 0 Å². The van der Waals surface area contributed by atoms with Crippen molar-refractivity contribution in [2.75, 3.05) is 25.3 Å². The average molecular weight is 485 g/mol. The van der Waals surface area contributed by atoms with Crippen LogP contribution in [-0.4, -0.2) is 40.6 Å². The maximum atomic E-state index is 12.7. The van der Waals surface area contributed by atoms with Crippen molar-refractivity contribution >= 4 is 35.0 Å². The van der Waals surface area contributed by atoms with Gasteiger partial charge in [0.25, 0.3) is 0 Å². The molecule has 3 aromatic rings. The predicted molar refractivity (Wildman–Crippen MR) is 131 cm³/mol. The van der Waals surface area contributed by atoms with E-state index in [9.17, 15) is 4.79 Å². The molecule has 0 bridgehead atoms. The van der Waals surface area contributed by atoms with Crippen LogP contribution >= 0.6 is 23.4 Å². The highest BCUT2D eigenvalue weighted by Gasteiger charge is 2.43.